The fourth-order valence-corrected chi connectivity index (χ4v) is 0.767. The summed E-state index contributed by atoms with van der Waals surface area (Å²) in [4.78, 5) is 2.69. The standard InChI is InChI=1S/C8H5F2NO/c1-11-8-6(9)3-5(12-2)4-7(8)10/h3-4H,2H3. The minimum atomic E-state index is -0.901. The molecule has 0 saturated carbocycles. The molecule has 0 aliphatic carbocycles. The molecule has 0 aromatic heterocycles. The number of hydrogen-bond acceptors (Lipinski definition) is 1. The Morgan fingerprint density at radius 1 is 1.33 bits per heavy atom. The smallest absolute Gasteiger partial charge is 0.257 e. The van der Waals surface area contributed by atoms with E-state index in [2.05, 4.69) is 9.58 Å². The normalized spacial score (nSPS) is 9.17. The third-order valence-electron chi connectivity index (χ3n) is 1.34. The molecule has 0 atom stereocenters. The van der Waals surface area contributed by atoms with Gasteiger partial charge in [0.2, 0.25) is 0 Å². The highest BCUT2D eigenvalue weighted by atomic mass is 19.1. The summed E-state index contributed by atoms with van der Waals surface area (Å²) in [6.07, 6.45) is 0. The minimum Gasteiger partial charge on any atom is -0.497 e. The lowest BCUT2D eigenvalue weighted by Gasteiger charge is -2.01. The zero-order valence-corrected chi connectivity index (χ0v) is 6.27. The summed E-state index contributed by atoms with van der Waals surface area (Å²) >= 11 is 0. The van der Waals surface area contributed by atoms with E-state index in [9.17, 15) is 8.78 Å². The van der Waals surface area contributed by atoms with E-state index in [4.69, 9.17) is 6.57 Å². The molecule has 12 heavy (non-hydrogen) atoms. The van der Waals surface area contributed by atoms with Crippen molar-refractivity contribution in [1.82, 2.24) is 0 Å². The van der Waals surface area contributed by atoms with E-state index in [-0.39, 0.29) is 5.75 Å². The Morgan fingerprint density at radius 2 is 1.83 bits per heavy atom. The number of ether oxygens (including phenoxy) is 1. The first-order valence-electron chi connectivity index (χ1n) is 3.09. The van der Waals surface area contributed by atoms with Crippen LogP contribution >= 0.6 is 0 Å². The summed E-state index contributed by atoms with van der Waals surface area (Å²) in [5.41, 5.74) is -0.601. The van der Waals surface area contributed by atoms with Crippen molar-refractivity contribution in [2.45, 2.75) is 0 Å². The molecule has 0 amide bonds. The van der Waals surface area contributed by atoms with E-state index in [0.29, 0.717) is 0 Å². The van der Waals surface area contributed by atoms with Crippen molar-refractivity contribution >= 4 is 5.69 Å². The number of methoxy groups -OCH3 is 1. The van der Waals surface area contributed by atoms with E-state index in [1.807, 2.05) is 0 Å². The molecule has 0 spiro atoms. The lowest BCUT2D eigenvalue weighted by Crippen LogP contribution is -1.87. The van der Waals surface area contributed by atoms with E-state index in [0.717, 1.165) is 12.1 Å². The third-order valence-corrected chi connectivity index (χ3v) is 1.34. The van der Waals surface area contributed by atoms with Crippen LogP contribution in [0, 0.1) is 18.2 Å². The quantitative estimate of drug-likeness (QED) is 0.589. The summed E-state index contributed by atoms with van der Waals surface area (Å²) in [6.45, 7) is 6.46. The van der Waals surface area contributed by atoms with Crippen molar-refractivity contribution in [2.75, 3.05) is 7.11 Å². The van der Waals surface area contributed by atoms with E-state index in [1.54, 1.807) is 0 Å². The second kappa shape index (κ2) is 3.18. The van der Waals surface area contributed by atoms with Gasteiger partial charge in [0.1, 0.15) is 17.4 Å². The zero-order chi connectivity index (χ0) is 9.14. The Kier molecular flexibility index (Phi) is 2.24. The maximum atomic E-state index is 12.8. The second-order valence-electron chi connectivity index (χ2n) is 2.05. The van der Waals surface area contributed by atoms with Gasteiger partial charge in [0.15, 0.2) is 0 Å². The van der Waals surface area contributed by atoms with Crippen molar-refractivity contribution in [3.63, 3.8) is 0 Å². The first-order valence-corrected chi connectivity index (χ1v) is 3.09. The van der Waals surface area contributed by atoms with Gasteiger partial charge in [-0.25, -0.2) is 13.6 Å². The fourth-order valence-electron chi connectivity index (χ4n) is 0.767. The van der Waals surface area contributed by atoms with E-state index >= 15 is 0 Å². The van der Waals surface area contributed by atoms with Crippen LogP contribution in [0.1, 0.15) is 0 Å². The van der Waals surface area contributed by atoms with Gasteiger partial charge in [-0.05, 0) is 0 Å². The van der Waals surface area contributed by atoms with Gasteiger partial charge >= 0.3 is 0 Å². The molecule has 0 radical (unpaired) electrons. The molecule has 0 aliphatic rings. The molecule has 2 nitrogen and oxygen atoms in total. The zero-order valence-electron chi connectivity index (χ0n) is 6.27. The Labute approximate surface area is 68.2 Å². The van der Waals surface area contributed by atoms with Crippen LogP contribution in [-0.4, -0.2) is 7.11 Å². The maximum Gasteiger partial charge on any atom is 0.257 e. The Hall–Kier alpha value is -1.63. The summed E-state index contributed by atoms with van der Waals surface area (Å²) in [5, 5.41) is 0. The molecule has 0 unspecified atom stereocenters. The Balaban J connectivity index is 3.30. The molecule has 0 aliphatic heterocycles. The summed E-state index contributed by atoms with van der Waals surface area (Å²) in [7, 11) is 1.30. The van der Waals surface area contributed by atoms with Gasteiger partial charge in [-0.2, -0.15) is 0 Å². The topological polar surface area (TPSA) is 13.6 Å². The highest BCUT2D eigenvalue weighted by molar-refractivity contribution is 5.50. The van der Waals surface area contributed by atoms with Crippen LogP contribution in [0.2, 0.25) is 0 Å². The lowest BCUT2D eigenvalue weighted by atomic mass is 10.3. The summed E-state index contributed by atoms with van der Waals surface area (Å²) in [5.74, 6) is -1.74. The van der Waals surface area contributed by atoms with Crippen LogP contribution in [0.3, 0.4) is 0 Å². The SMILES string of the molecule is [C-]#[N+]c1c(F)cc(OC)cc1F. The number of halogens is 2. The second-order valence-corrected chi connectivity index (χ2v) is 2.05. The number of rotatable bonds is 1. The predicted octanol–water partition coefficient (Wildman–Crippen LogP) is 2.52. The first kappa shape index (κ1) is 8.47. The molecule has 62 valence electrons. The highest BCUT2D eigenvalue weighted by Crippen LogP contribution is 2.26. The molecule has 1 rings (SSSR count). The van der Waals surface area contributed by atoms with Gasteiger partial charge in [0.25, 0.3) is 5.69 Å². The van der Waals surface area contributed by atoms with Crippen LogP contribution in [0.5, 0.6) is 5.75 Å². The van der Waals surface area contributed by atoms with Crippen LogP contribution in [0.4, 0.5) is 14.5 Å². The van der Waals surface area contributed by atoms with Gasteiger partial charge < -0.3 is 4.74 Å². The van der Waals surface area contributed by atoms with Crippen LogP contribution < -0.4 is 4.74 Å². The van der Waals surface area contributed by atoms with Gasteiger partial charge in [-0.3, -0.25) is 0 Å². The molecule has 4 heteroatoms. The average molecular weight is 169 g/mol. The molecular weight excluding hydrogens is 164 g/mol. The number of benzene rings is 1. The summed E-state index contributed by atoms with van der Waals surface area (Å²) < 4.78 is 30.1. The average Bonchev–Trinajstić information content (AvgIpc) is 2.03. The van der Waals surface area contributed by atoms with Crippen LogP contribution in [0.25, 0.3) is 4.85 Å². The van der Waals surface area contributed by atoms with Gasteiger partial charge in [-0.1, -0.05) is 0 Å². The van der Waals surface area contributed by atoms with E-state index in [1.165, 1.54) is 7.11 Å². The molecule has 1 aromatic rings. The molecule has 0 bridgehead atoms. The van der Waals surface area contributed by atoms with Crippen LogP contribution in [0.15, 0.2) is 12.1 Å². The Bertz CT molecular complexity index is 320. The predicted molar refractivity (Wildman–Crippen MR) is 39.2 cm³/mol. The van der Waals surface area contributed by atoms with Crippen LogP contribution in [-0.2, 0) is 0 Å². The van der Waals surface area contributed by atoms with Gasteiger partial charge in [0.05, 0.1) is 13.7 Å². The van der Waals surface area contributed by atoms with Crippen molar-refractivity contribution in [3.05, 3.63) is 35.2 Å². The lowest BCUT2D eigenvalue weighted by molar-refractivity contribution is 0.407. The molecular formula is C8H5F2NO. The minimum absolute atomic E-state index is 0.0670. The molecule has 0 N–H and O–H groups in total. The fraction of sp³-hybridized carbons (Fsp3) is 0.125. The molecule has 1 aromatic carbocycles. The van der Waals surface area contributed by atoms with Gasteiger partial charge in [0, 0.05) is 12.1 Å². The van der Waals surface area contributed by atoms with Crippen molar-refractivity contribution < 1.29 is 13.5 Å². The highest BCUT2D eigenvalue weighted by Gasteiger charge is 2.10. The first-order chi connectivity index (χ1) is 5.69. The molecule has 0 saturated heterocycles. The summed E-state index contributed by atoms with van der Waals surface area (Å²) in [6, 6.07) is 1.94. The third kappa shape index (κ3) is 1.35. The number of hydrogen-bond donors (Lipinski definition) is 0. The molecule has 0 fully saturated rings. The van der Waals surface area contributed by atoms with Crippen molar-refractivity contribution in [3.8, 4) is 5.75 Å². The van der Waals surface area contributed by atoms with Gasteiger partial charge in [-0.15, -0.1) is 0 Å². The number of nitrogens with zero attached hydrogens (tertiary/aromatic N) is 1. The van der Waals surface area contributed by atoms with Crippen molar-refractivity contribution in [2.24, 2.45) is 0 Å². The Morgan fingerprint density at radius 3 is 2.17 bits per heavy atom. The monoisotopic (exact) mass is 169 g/mol. The van der Waals surface area contributed by atoms with E-state index < -0.39 is 17.3 Å². The maximum absolute atomic E-state index is 12.8. The molecule has 0 heterocycles. The largest absolute Gasteiger partial charge is 0.497 e. The van der Waals surface area contributed by atoms with Crippen molar-refractivity contribution in [1.29, 1.82) is 0 Å².